The second kappa shape index (κ2) is 7.69. The molecule has 0 radical (unpaired) electrons. The molecule has 0 spiro atoms. The minimum absolute atomic E-state index is 0.128. The van der Waals surface area contributed by atoms with E-state index in [9.17, 15) is 4.39 Å². The molecule has 0 aliphatic heterocycles. The highest BCUT2D eigenvalue weighted by molar-refractivity contribution is 14.1. The lowest BCUT2D eigenvalue weighted by atomic mass is 10.2. The van der Waals surface area contributed by atoms with E-state index in [1.54, 1.807) is 18.2 Å². The number of benzene rings is 1. The summed E-state index contributed by atoms with van der Waals surface area (Å²) in [4.78, 5) is 0. The Kier molecular flexibility index (Phi) is 6.96. The maximum absolute atomic E-state index is 13.3. The van der Waals surface area contributed by atoms with Crippen molar-refractivity contribution in [2.24, 2.45) is 0 Å². The minimum atomic E-state index is -0.258. The van der Waals surface area contributed by atoms with Crippen LogP contribution in [0.15, 0.2) is 24.3 Å². The van der Waals surface area contributed by atoms with Gasteiger partial charge in [0.2, 0.25) is 0 Å². The topological polar surface area (TPSA) is 9.23 Å². The van der Waals surface area contributed by atoms with Crippen molar-refractivity contribution in [3.8, 4) is 0 Å². The molecule has 1 nitrogen and oxygen atoms in total. The predicted molar refractivity (Wildman–Crippen MR) is 74.2 cm³/mol. The molecule has 1 aromatic carbocycles. The van der Waals surface area contributed by atoms with E-state index in [0.717, 1.165) is 0 Å². The SMILES string of the molecule is Fc1ccccc1COC(CCl)C(I)CCl. The predicted octanol–water partition coefficient (Wildman–Crippen LogP) is 3.99. The molecule has 0 bridgehead atoms. The van der Waals surface area contributed by atoms with Crippen molar-refractivity contribution in [1.29, 1.82) is 0 Å². The molecule has 0 amide bonds. The molecular weight excluding hydrogens is 365 g/mol. The van der Waals surface area contributed by atoms with Gasteiger partial charge in [-0.25, -0.2) is 4.39 Å². The van der Waals surface area contributed by atoms with E-state index in [2.05, 4.69) is 22.6 Å². The van der Waals surface area contributed by atoms with E-state index in [4.69, 9.17) is 27.9 Å². The Morgan fingerprint density at radius 3 is 2.50 bits per heavy atom. The minimum Gasteiger partial charge on any atom is -0.371 e. The number of hydrogen-bond acceptors (Lipinski definition) is 1. The normalized spacial score (nSPS) is 14.8. The molecule has 2 unspecified atom stereocenters. The van der Waals surface area contributed by atoms with Crippen molar-refractivity contribution >= 4 is 45.8 Å². The van der Waals surface area contributed by atoms with Crippen molar-refractivity contribution in [2.75, 3.05) is 11.8 Å². The Balaban J connectivity index is 2.53. The highest BCUT2D eigenvalue weighted by atomic mass is 127. The Morgan fingerprint density at radius 1 is 1.25 bits per heavy atom. The first kappa shape index (κ1) is 14.5. The van der Waals surface area contributed by atoms with Gasteiger partial charge in [0, 0.05) is 17.3 Å². The van der Waals surface area contributed by atoms with Gasteiger partial charge in [-0.15, -0.1) is 23.2 Å². The highest BCUT2D eigenvalue weighted by Crippen LogP contribution is 2.16. The van der Waals surface area contributed by atoms with E-state index in [0.29, 0.717) is 17.3 Å². The molecule has 0 fully saturated rings. The molecule has 0 heterocycles. The second-order valence-electron chi connectivity index (χ2n) is 3.27. The molecule has 90 valence electrons. The van der Waals surface area contributed by atoms with Gasteiger partial charge in [-0.05, 0) is 6.07 Å². The Labute approximate surface area is 118 Å². The third-order valence-corrected chi connectivity index (χ3v) is 4.51. The van der Waals surface area contributed by atoms with Gasteiger partial charge < -0.3 is 4.74 Å². The van der Waals surface area contributed by atoms with Crippen LogP contribution >= 0.6 is 45.8 Å². The summed E-state index contributed by atoms with van der Waals surface area (Å²) in [5.41, 5.74) is 0.538. The molecule has 0 saturated carbocycles. The van der Waals surface area contributed by atoms with Crippen LogP contribution in [0.25, 0.3) is 0 Å². The van der Waals surface area contributed by atoms with Crippen LogP contribution in [-0.4, -0.2) is 21.8 Å². The first-order valence-corrected chi connectivity index (χ1v) is 7.11. The average Bonchev–Trinajstić information content (AvgIpc) is 2.31. The molecular formula is C11H12Cl2FIO. The number of hydrogen-bond donors (Lipinski definition) is 0. The maximum atomic E-state index is 13.3. The number of rotatable bonds is 6. The smallest absolute Gasteiger partial charge is 0.128 e. The van der Waals surface area contributed by atoms with Crippen molar-refractivity contribution in [3.63, 3.8) is 0 Å². The zero-order valence-corrected chi connectivity index (χ0v) is 12.2. The maximum Gasteiger partial charge on any atom is 0.128 e. The molecule has 2 atom stereocenters. The monoisotopic (exact) mass is 376 g/mol. The van der Waals surface area contributed by atoms with Crippen molar-refractivity contribution < 1.29 is 9.13 Å². The standard InChI is InChI=1S/C11H12Cl2FIO/c12-5-10(15)11(6-13)16-7-8-3-1-2-4-9(8)14/h1-4,10-11H,5-7H2. The average molecular weight is 377 g/mol. The quantitative estimate of drug-likeness (QED) is 0.538. The van der Waals surface area contributed by atoms with Gasteiger partial charge in [0.25, 0.3) is 0 Å². The first-order chi connectivity index (χ1) is 7.69. The first-order valence-electron chi connectivity index (χ1n) is 4.80. The Bertz CT molecular complexity index is 325. The fourth-order valence-electron chi connectivity index (χ4n) is 1.16. The summed E-state index contributed by atoms with van der Waals surface area (Å²) in [7, 11) is 0. The molecule has 16 heavy (non-hydrogen) atoms. The third-order valence-electron chi connectivity index (χ3n) is 2.11. The number of alkyl halides is 3. The van der Waals surface area contributed by atoms with E-state index >= 15 is 0 Å². The lowest BCUT2D eigenvalue weighted by Gasteiger charge is -2.19. The van der Waals surface area contributed by atoms with Gasteiger partial charge in [-0.1, -0.05) is 40.8 Å². The Morgan fingerprint density at radius 2 is 1.94 bits per heavy atom. The number of ether oxygens (including phenoxy) is 1. The summed E-state index contributed by atoms with van der Waals surface area (Å²) >= 11 is 13.7. The third kappa shape index (κ3) is 4.35. The van der Waals surface area contributed by atoms with Crippen LogP contribution in [0.2, 0.25) is 0 Å². The van der Waals surface area contributed by atoms with Gasteiger partial charge in [0.15, 0.2) is 0 Å². The molecule has 0 N–H and O–H groups in total. The van der Waals surface area contributed by atoms with E-state index in [1.807, 2.05) is 0 Å². The zero-order chi connectivity index (χ0) is 12.0. The Hall–Kier alpha value is 0.420. The van der Waals surface area contributed by atoms with Gasteiger partial charge in [0.05, 0.1) is 16.6 Å². The largest absolute Gasteiger partial charge is 0.371 e. The van der Waals surface area contributed by atoms with Gasteiger partial charge in [0.1, 0.15) is 5.82 Å². The lowest BCUT2D eigenvalue weighted by Crippen LogP contribution is -2.27. The zero-order valence-electron chi connectivity index (χ0n) is 8.51. The van der Waals surface area contributed by atoms with Crippen molar-refractivity contribution in [2.45, 2.75) is 16.6 Å². The molecule has 5 heteroatoms. The summed E-state index contributed by atoms with van der Waals surface area (Å²) in [5.74, 6) is 0.566. The van der Waals surface area contributed by atoms with Gasteiger partial charge in [-0.2, -0.15) is 0 Å². The summed E-state index contributed by atoms with van der Waals surface area (Å²) in [5, 5.41) is 0. The van der Waals surface area contributed by atoms with Crippen LogP contribution in [0.3, 0.4) is 0 Å². The van der Waals surface area contributed by atoms with Crippen LogP contribution in [0.5, 0.6) is 0 Å². The van der Waals surface area contributed by atoms with E-state index in [1.165, 1.54) is 6.07 Å². The van der Waals surface area contributed by atoms with Crippen molar-refractivity contribution in [3.05, 3.63) is 35.6 Å². The highest BCUT2D eigenvalue weighted by Gasteiger charge is 2.18. The van der Waals surface area contributed by atoms with Crippen LogP contribution < -0.4 is 0 Å². The van der Waals surface area contributed by atoms with Crippen LogP contribution in [-0.2, 0) is 11.3 Å². The fraction of sp³-hybridized carbons (Fsp3) is 0.455. The van der Waals surface area contributed by atoms with E-state index in [-0.39, 0.29) is 22.5 Å². The molecule has 0 aromatic heterocycles. The summed E-state index contributed by atoms with van der Waals surface area (Å²) < 4.78 is 19.0. The van der Waals surface area contributed by atoms with Crippen LogP contribution in [0.1, 0.15) is 5.56 Å². The summed E-state index contributed by atoms with van der Waals surface area (Å²) in [6, 6.07) is 6.54. The molecule has 0 aliphatic carbocycles. The summed E-state index contributed by atoms with van der Waals surface area (Å²) in [6.07, 6.45) is -0.153. The van der Waals surface area contributed by atoms with E-state index < -0.39 is 0 Å². The second-order valence-corrected chi connectivity index (χ2v) is 5.48. The van der Waals surface area contributed by atoms with Gasteiger partial charge in [-0.3, -0.25) is 0 Å². The summed E-state index contributed by atoms with van der Waals surface area (Å²) in [6.45, 7) is 0.223. The van der Waals surface area contributed by atoms with Gasteiger partial charge >= 0.3 is 0 Å². The van der Waals surface area contributed by atoms with Crippen molar-refractivity contribution in [1.82, 2.24) is 0 Å². The fourth-order valence-corrected chi connectivity index (χ4v) is 2.42. The molecule has 0 saturated heterocycles. The molecule has 1 aromatic rings. The number of halogens is 4. The van der Waals surface area contributed by atoms with Crippen LogP contribution in [0, 0.1) is 5.82 Å². The molecule has 0 aliphatic rings. The van der Waals surface area contributed by atoms with Crippen LogP contribution in [0.4, 0.5) is 4.39 Å². The molecule has 1 rings (SSSR count). The lowest BCUT2D eigenvalue weighted by molar-refractivity contribution is 0.0582.